The van der Waals surface area contributed by atoms with Crippen molar-refractivity contribution in [2.75, 3.05) is 16.8 Å². The van der Waals surface area contributed by atoms with Crippen LogP contribution in [0.15, 0.2) is 54.6 Å². The first kappa shape index (κ1) is 19.3. The van der Waals surface area contributed by atoms with Gasteiger partial charge in [0.15, 0.2) is 6.61 Å². The Morgan fingerprint density at radius 2 is 2.04 bits per heavy atom. The minimum atomic E-state index is -0.720. The molecule has 1 N–H and O–H groups in total. The summed E-state index contributed by atoms with van der Waals surface area (Å²) < 4.78 is 18.2. The Labute approximate surface area is 161 Å². The number of benzene rings is 2. The summed E-state index contributed by atoms with van der Waals surface area (Å²) in [5, 5.41) is 2.76. The Bertz CT molecular complexity index is 942. The van der Waals surface area contributed by atoms with Crippen LogP contribution in [0, 0.1) is 5.82 Å². The van der Waals surface area contributed by atoms with E-state index in [9.17, 15) is 18.8 Å². The Hall–Kier alpha value is -3.48. The van der Waals surface area contributed by atoms with E-state index >= 15 is 0 Å². The fourth-order valence-corrected chi connectivity index (χ4v) is 2.99. The third-order valence-corrected chi connectivity index (χ3v) is 4.23. The number of carbonyl (C=O) groups is 3. The molecule has 6 nitrogen and oxygen atoms in total. The van der Waals surface area contributed by atoms with E-state index in [4.69, 9.17) is 4.74 Å². The minimum Gasteiger partial charge on any atom is -0.452 e. The van der Waals surface area contributed by atoms with Crippen LogP contribution < -0.4 is 10.2 Å². The van der Waals surface area contributed by atoms with Crippen LogP contribution in [0.4, 0.5) is 15.8 Å². The molecule has 144 valence electrons. The second-order valence-corrected chi connectivity index (χ2v) is 6.38. The Morgan fingerprint density at radius 3 is 2.82 bits per heavy atom. The van der Waals surface area contributed by atoms with Crippen molar-refractivity contribution in [3.8, 4) is 0 Å². The molecule has 28 heavy (non-hydrogen) atoms. The third kappa shape index (κ3) is 4.62. The van der Waals surface area contributed by atoms with E-state index < -0.39 is 30.3 Å². The quantitative estimate of drug-likeness (QED) is 0.651. The normalized spacial score (nSPS) is 16.3. The minimum absolute atomic E-state index is 0.133. The molecule has 1 aliphatic heterocycles. The van der Waals surface area contributed by atoms with Crippen molar-refractivity contribution >= 4 is 35.2 Å². The average Bonchev–Trinajstić information content (AvgIpc) is 2.78. The first-order valence-corrected chi connectivity index (χ1v) is 8.75. The van der Waals surface area contributed by atoms with Crippen LogP contribution in [0.2, 0.25) is 0 Å². The summed E-state index contributed by atoms with van der Waals surface area (Å²) in [6, 6.07) is 12.3. The number of para-hydroxylation sites is 2. The largest absolute Gasteiger partial charge is 0.452 e. The van der Waals surface area contributed by atoms with Gasteiger partial charge in [-0.1, -0.05) is 24.3 Å². The number of hydrogen-bond donors (Lipinski definition) is 1. The highest BCUT2D eigenvalue weighted by Crippen LogP contribution is 2.31. The highest BCUT2D eigenvalue weighted by molar-refractivity contribution is 6.05. The van der Waals surface area contributed by atoms with Crippen LogP contribution >= 0.6 is 0 Å². The monoisotopic (exact) mass is 382 g/mol. The molecular weight excluding hydrogens is 363 g/mol. The van der Waals surface area contributed by atoms with E-state index in [2.05, 4.69) is 5.32 Å². The number of anilines is 2. The summed E-state index contributed by atoms with van der Waals surface area (Å²) in [7, 11) is 0. The van der Waals surface area contributed by atoms with Crippen LogP contribution in [0.25, 0.3) is 6.08 Å². The number of fused-ring (bicyclic) bond motifs is 1. The molecule has 3 rings (SSSR count). The zero-order chi connectivity index (χ0) is 20.1. The summed E-state index contributed by atoms with van der Waals surface area (Å²) >= 11 is 0. The van der Waals surface area contributed by atoms with E-state index in [1.807, 2.05) is 0 Å². The fraction of sp³-hybridized carbons (Fsp3) is 0.190. The van der Waals surface area contributed by atoms with Crippen molar-refractivity contribution in [1.29, 1.82) is 0 Å². The number of carbonyl (C=O) groups excluding carboxylic acids is 3. The lowest BCUT2D eigenvalue weighted by Crippen LogP contribution is -2.41. The molecule has 0 spiro atoms. The van der Waals surface area contributed by atoms with Gasteiger partial charge in [-0.05, 0) is 42.8 Å². The molecule has 0 saturated heterocycles. The molecule has 2 amide bonds. The smallest absolute Gasteiger partial charge is 0.331 e. The summed E-state index contributed by atoms with van der Waals surface area (Å²) in [6.07, 6.45) is 2.67. The molecule has 1 aliphatic rings. The fourth-order valence-electron chi connectivity index (χ4n) is 2.99. The molecule has 7 heteroatoms. The van der Waals surface area contributed by atoms with Gasteiger partial charge < -0.3 is 15.0 Å². The topological polar surface area (TPSA) is 75.7 Å². The zero-order valence-electron chi connectivity index (χ0n) is 15.2. The number of halogens is 1. The number of nitrogens with one attached hydrogen (secondary N) is 1. The molecular formula is C21H19FN2O4. The summed E-state index contributed by atoms with van der Waals surface area (Å²) in [4.78, 5) is 38.0. The van der Waals surface area contributed by atoms with Gasteiger partial charge in [0.25, 0.3) is 5.91 Å². The molecule has 2 aromatic rings. The highest BCUT2D eigenvalue weighted by Gasteiger charge is 2.29. The lowest BCUT2D eigenvalue weighted by Gasteiger charge is -2.27. The second kappa shape index (κ2) is 8.47. The van der Waals surface area contributed by atoms with Gasteiger partial charge in [-0.2, -0.15) is 0 Å². The molecule has 0 aliphatic carbocycles. The van der Waals surface area contributed by atoms with Crippen LogP contribution in [-0.4, -0.2) is 30.4 Å². The molecule has 0 saturated carbocycles. The van der Waals surface area contributed by atoms with Crippen molar-refractivity contribution in [3.05, 3.63) is 66.0 Å². The van der Waals surface area contributed by atoms with E-state index in [1.165, 1.54) is 29.2 Å². The summed E-state index contributed by atoms with van der Waals surface area (Å²) in [6.45, 7) is 1.28. The highest BCUT2D eigenvalue weighted by atomic mass is 19.1. The van der Waals surface area contributed by atoms with Crippen molar-refractivity contribution in [3.63, 3.8) is 0 Å². The van der Waals surface area contributed by atoms with Crippen LogP contribution in [0.3, 0.4) is 0 Å². The maximum Gasteiger partial charge on any atom is 0.331 e. The van der Waals surface area contributed by atoms with E-state index in [0.29, 0.717) is 16.9 Å². The number of ether oxygens (including phenoxy) is 1. The summed E-state index contributed by atoms with van der Waals surface area (Å²) in [5.74, 6) is -1.76. The predicted octanol–water partition coefficient (Wildman–Crippen LogP) is 3.15. The van der Waals surface area contributed by atoms with E-state index in [0.717, 1.165) is 6.08 Å². The van der Waals surface area contributed by atoms with Crippen LogP contribution in [-0.2, 0) is 19.1 Å². The molecule has 0 radical (unpaired) electrons. The van der Waals surface area contributed by atoms with Gasteiger partial charge in [-0.25, -0.2) is 9.18 Å². The number of esters is 1. The first-order chi connectivity index (χ1) is 13.4. The first-order valence-electron chi connectivity index (χ1n) is 8.75. The van der Waals surface area contributed by atoms with Gasteiger partial charge >= 0.3 is 5.97 Å². The van der Waals surface area contributed by atoms with Gasteiger partial charge in [0, 0.05) is 18.5 Å². The lowest BCUT2D eigenvalue weighted by molar-refractivity contribution is -0.143. The zero-order valence-corrected chi connectivity index (χ0v) is 15.2. The van der Waals surface area contributed by atoms with Gasteiger partial charge in [-0.15, -0.1) is 0 Å². The molecule has 0 aromatic heterocycles. The van der Waals surface area contributed by atoms with Crippen LogP contribution in [0.1, 0.15) is 18.9 Å². The molecule has 0 bridgehead atoms. The second-order valence-electron chi connectivity index (χ2n) is 6.38. The summed E-state index contributed by atoms with van der Waals surface area (Å²) in [5.41, 5.74) is 1.59. The maximum absolute atomic E-state index is 13.1. The molecule has 0 fully saturated rings. The number of amides is 2. The maximum atomic E-state index is 13.1. The van der Waals surface area contributed by atoms with Gasteiger partial charge in [-0.3, -0.25) is 9.59 Å². The Balaban J connectivity index is 1.67. The van der Waals surface area contributed by atoms with Crippen LogP contribution in [0.5, 0.6) is 0 Å². The van der Waals surface area contributed by atoms with Gasteiger partial charge in [0.1, 0.15) is 5.82 Å². The van der Waals surface area contributed by atoms with E-state index in [1.54, 1.807) is 37.3 Å². The molecule has 2 aromatic carbocycles. The Morgan fingerprint density at radius 1 is 1.25 bits per heavy atom. The number of rotatable bonds is 4. The average molecular weight is 382 g/mol. The lowest BCUT2D eigenvalue weighted by atomic mass is 10.1. The van der Waals surface area contributed by atoms with Crippen molar-refractivity contribution in [2.24, 2.45) is 0 Å². The van der Waals surface area contributed by atoms with Gasteiger partial charge in [0.2, 0.25) is 5.91 Å². The SMILES string of the molecule is C[C@H]1CC(=O)Nc2ccccc2N1C(=O)COC(=O)/C=C/c1cccc(F)c1. The molecule has 1 heterocycles. The number of hydrogen-bond acceptors (Lipinski definition) is 4. The van der Waals surface area contributed by atoms with Gasteiger partial charge in [0.05, 0.1) is 11.4 Å². The number of nitrogens with zero attached hydrogens (tertiary/aromatic N) is 1. The van der Waals surface area contributed by atoms with E-state index in [-0.39, 0.29) is 12.3 Å². The van der Waals surface area contributed by atoms with Crippen molar-refractivity contribution < 1.29 is 23.5 Å². The van der Waals surface area contributed by atoms with Crippen molar-refractivity contribution in [2.45, 2.75) is 19.4 Å². The standard InChI is InChI=1S/C21H19FN2O4/c1-14-11-19(25)23-17-7-2-3-8-18(17)24(14)20(26)13-28-21(27)10-9-15-5-4-6-16(22)12-15/h2-10,12,14H,11,13H2,1H3,(H,23,25)/b10-9+/t14-/m0/s1. The Kier molecular flexibility index (Phi) is 5.84. The predicted molar refractivity (Wildman–Crippen MR) is 103 cm³/mol. The third-order valence-electron chi connectivity index (χ3n) is 4.23. The van der Waals surface area contributed by atoms with Crippen molar-refractivity contribution in [1.82, 2.24) is 0 Å². The molecule has 1 atom stereocenters. The molecule has 0 unspecified atom stereocenters.